The topological polar surface area (TPSA) is 9.23 Å². The van der Waals surface area contributed by atoms with Gasteiger partial charge in [-0.3, -0.25) is 0 Å². The monoisotopic (exact) mass is 308 g/mol. The van der Waals surface area contributed by atoms with Crippen LogP contribution in [0.4, 0.5) is 0 Å². The van der Waals surface area contributed by atoms with Gasteiger partial charge in [0.25, 0.3) is 0 Å². The van der Waals surface area contributed by atoms with Crippen molar-refractivity contribution in [2.24, 2.45) is 0 Å². The molecule has 2 heteroatoms. The van der Waals surface area contributed by atoms with Crippen molar-refractivity contribution in [3.63, 3.8) is 0 Å². The average molecular weight is 308 g/mol. The fourth-order valence-electron chi connectivity index (χ4n) is 3.71. The van der Waals surface area contributed by atoms with Crippen LogP contribution in [0.15, 0.2) is 61.2 Å². The van der Waals surface area contributed by atoms with E-state index in [-0.39, 0.29) is 5.22 Å². The van der Waals surface area contributed by atoms with Crippen LogP contribution in [0, 0.1) is 0 Å². The standard InChI is InChI=1S/C20H24OSi/c1-5-15-21-20(22(3,4)6-2)18-13-9-7-11-16(18)17-12-8-10-14-19(17)20/h5,7-14H,1,6,15H2,2-4H3. The molecule has 3 rings (SSSR count). The van der Waals surface area contributed by atoms with Crippen molar-refractivity contribution in [1.82, 2.24) is 0 Å². The SMILES string of the molecule is C=CCOC1([Si](C)(C)CC)c2ccccc2-c2ccccc21. The second-order valence-electron chi connectivity index (χ2n) is 6.61. The highest BCUT2D eigenvalue weighted by molar-refractivity contribution is 6.80. The smallest absolute Gasteiger partial charge is 0.108 e. The van der Waals surface area contributed by atoms with Crippen molar-refractivity contribution in [3.8, 4) is 11.1 Å². The zero-order valence-electron chi connectivity index (χ0n) is 13.7. The Morgan fingerprint density at radius 2 is 1.50 bits per heavy atom. The summed E-state index contributed by atoms with van der Waals surface area (Å²) >= 11 is 0. The Balaban J connectivity index is 2.35. The van der Waals surface area contributed by atoms with E-state index in [2.05, 4.69) is 75.1 Å². The van der Waals surface area contributed by atoms with Crippen LogP contribution in [-0.4, -0.2) is 14.7 Å². The highest BCUT2D eigenvalue weighted by atomic mass is 28.3. The molecule has 114 valence electrons. The average Bonchev–Trinajstić information content (AvgIpc) is 2.85. The molecule has 2 aromatic carbocycles. The summed E-state index contributed by atoms with van der Waals surface area (Å²) < 4.78 is 6.59. The number of hydrogen-bond donors (Lipinski definition) is 0. The van der Waals surface area contributed by atoms with Crippen molar-refractivity contribution in [1.29, 1.82) is 0 Å². The minimum atomic E-state index is -1.70. The van der Waals surface area contributed by atoms with Crippen LogP contribution < -0.4 is 0 Å². The highest BCUT2D eigenvalue weighted by Gasteiger charge is 2.54. The fraction of sp³-hybridized carbons (Fsp3) is 0.300. The van der Waals surface area contributed by atoms with Gasteiger partial charge in [-0.2, -0.15) is 0 Å². The van der Waals surface area contributed by atoms with Crippen LogP contribution in [0.25, 0.3) is 11.1 Å². The normalized spacial score (nSPS) is 15.2. The molecule has 0 unspecified atom stereocenters. The first-order valence-electron chi connectivity index (χ1n) is 8.02. The Hall–Kier alpha value is -1.64. The molecule has 0 fully saturated rings. The molecular weight excluding hydrogens is 284 g/mol. The summed E-state index contributed by atoms with van der Waals surface area (Å²) in [7, 11) is -1.70. The molecule has 1 aliphatic rings. The summed E-state index contributed by atoms with van der Waals surface area (Å²) in [6.07, 6.45) is 1.87. The lowest BCUT2D eigenvalue weighted by Crippen LogP contribution is -2.53. The van der Waals surface area contributed by atoms with Gasteiger partial charge in [-0.15, -0.1) is 6.58 Å². The van der Waals surface area contributed by atoms with Crippen molar-refractivity contribution in [2.45, 2.75) is 31.3 Å². The number of rotatable bonds is 5. The van der Waals surface area contributed by atoms with E-state index in [4.69, 9.17) is 4.74 Å². The highest BCUT2D eigenvalue weighted by Crippen LogP contribution is 2.54. The zero-order chi connectivity index (χ0) is 15.8. The first-order valence-corrected chi connectivity index (χ1v) is 11.2. The molecule has 2 aromatic rings. The van der Waals surface area contributed by atoms with E-state index in [1.54, 1.807) is 0 Å². The number of hydrogen-bond acceptors (Lipinski definition) is 1. The molecule has 0 spiro atoms. The molecule has 0 bridgehead atoms. The predicted molar refractivity (Wildman–Crippen MR) is 96.8 cm³/mol. The van der Waals surface area contributed by atoms with Crippen molar-refractivity contribution in [2.75, 3.05) is 6.61 Å². The second-order valence-corrected chi connectivity index (χ2v) is 11.8. The van der Waals surface area contributed by atoms with Gasteiger partial charge in [0.15, 0.2) is 0 Å². The quantitative estimate of drug-likeness (QED) is 0.532. The van der Waals surface area contributed by atoms with E-state index in [1.165, 1.54) is 28.3 Å². The lowest BCUT2D eigenvalue weighted by molar-refractivity contribution is 0.0601. The van der Waals surface area contributed by atoms with Crippen molar-refractivity contribution >= 4 is 8.07 Å². The Morgan fingerprint density at radius 1 is 1.00 bits per heavy atom. The molecule has 1 nitrogen and oxygen atoms in total. The van der Waals surface area contributed by atoms with Crippen LogP contribution in [0.5, 0.6) is 0 Å². The Kier molecular flexibility index (Phi) is 3.83. The number of fused-ring (bicyclic) bond motifs is 3. The Morgan fingerprint density at radius 3 is 1.95 bits per heavy atom. The van der Waals surface area contributed by atoms with Crippen LogP contribution in [0.3, 0.4) is 0 Å². The third-order valence-electron chi connectivity index (χ3n) is 5.16. The van der Waals surface area contributed by atoms with Gasteiger partial charge in [0, 0.05) is 0 Å². The minimum absolute atomic E-state index is 0.275. The maximum atomic E-state index is 6.59. The lowest BCUT2D eigenvalue weighted by atomic mass is 10.1. The second kappa shape index (κ2) is 5.53. The molecule has 0 radical (unpaired) electrons. The third kappa shape index (κ3) is 1.94. The zero-order valence-corrected chi connectivity index (χ0v) is 14.7. The van der Waals surface area contributed by atoms with Crippen LogP contribution in [0.2, 0.25) is 19.1 Å². The maximum absolute atomic E-state index is 6.59. The summed E-state index contributed by atoms with van der Waals surface area (Å²) in [5.74, 6) is 0. The van der Waals surface area contributed by atoms with Gasteiger partial charge in [-0.1, -0.05) is 80.7 Å². The minimum Gasteiger partial charge on any atom is -0.365 e. The van der Waals surface area contributed by atoms with Crippen LogP contribution in [-0.2, 0) is 9.96 Å². The van der Waals surface area contributed by atoms with E-state index >= 15 is 0 Å². The van der Waals surface area contributed by atoms with Gasteiger partial charge >= 0.3 is 0 Å². The van der Waals surface area contributed by atoms with Gasteiger partial charge in [0.1, 0.15) is 5.22 Å². The van der Waals surface area contributed by atoms with Gasteiger partial charge < -0.3 is 4.74 Å². The molecule has 0 aliphatic heterocycles. The van der Waals surface area contributed by atoms with E-state index in [9.17, 15) is 0 Å². The van der Waals surface area contributed by atoms with Crippen molar-refractivity contribution < 1.29 is 4.74 Å². The fourth-order valence-corrected chi connectivity index (χ4v) is 6.57. The summed E-state index contributed by atoms with van der Waals surface area (Å²) in [4.78, 5) is 0. The molecule has 22 heavy (non-hydrogen) atoms. The summed E-state index contributed by atoms with van der Waals surface area (Å²) in [6.45, 7) is 11.6. The molecule has 0 aromatic heterocycles. The van der Waals surface area contributed by atoms with Crippen LogP contribution in [0.1, 0.15) is 18.1 Å². The molecule has 1 aliphatic carbocycles. The molecule has 0 atom stereocenters. The lowest BCUT2D eigenvalue weighted by Gasteiger charge is -2.44. The van der Waals surface area contributed by atoms with E-state index in [0.717, 1.165) is 0 Å². The Bertz CT molecular complexity index is 657. The summed E-state index contributed by atoms with van der Waals surface area (Å²) in [5.41, 5.74) is 5.35. The molecule has 0 amide bonds. The van der Waals surface area contributed by atoms with Crippen LogP contribution >= 0.6 is 0 Å². The predicted octanol–water partition coefficient (Wildman–Crippen LogP) is 5.38. The van der Waals surface area contributed by atoms with E-state index in [0.29, 0.717) is 6.61 Å². The van der Waals surface area contributed by atoms with Gasteiger partial charge in [0.2, 0.25) is 0 Å². The number of ether oxygens (including phenoxy) is 1. The molecule has 0 N–H and O–H groups in total. The first kappa shape index (κ1) is 15.3. The first-order chi connectivity index (χ1) is 10.6. The largest absolute Gasteiger partial charge is 0.365 e. The summed E-state index contributed by atoms with van der Waals surface area (Å²) in [5, 5.41) is -0.275. The van der Waals surface area contributed by atoms with Gasteiger partial charge in [0.05, 0.1) is 14.7 Å². The Labute approximate surface area is 134 Å². The van der Waals surface area contributed by atoms with E-state index in [1.807, 2.05) is 6.08 Å². The molecule has 0 heterocycles. The molecular formula is C20H24OSi. The van der Waals surface area contributed by atoms with Crippen molar-refractivity contribution in [3.05, 3.63) is 72.3 Å². The third-order valence-corrected chi connectivity index (χ3v) is 9.51. The van der Waals surface area contributed by atoms with Gasteiger partial charge in [-0.25, -0.2) is 0 Å². The molecule has 0 saturated carbocycles. The molecule has 0 saturated heterocycles. The maximum Gasteiger partial charge on any atom is 0.108 e. The van der Waals surface area contributed by atoms with Gasteiger partial charge in [-0.05, 0) is 22.3 Å². The van der Waals surface area contributed by atoms with E-state index < -0.39 is 8.07 Å². The summed E-state index contributed by atoms with van der Waals surface area (Å²) in [6, 6.07) is 18.7. The number of benzene rings is 2.